The molecule has 2 saturated carbocycles. The maximum atomic E-state index is 11.8. The molecule has 4 nitrogen and oxygen atoms in total. The van der Waals surface area contributed by atoms with Gasteiger partial charge in [0.25, 0.3) is 0 Å². The molecule has 5 unspecified atom stereocenters. The van der Waals surface area contributed by atoms with Gasteiger partial charge in [-0.1, -0.05) is 13.3 Å². The highest BCUT2D eigenvalue weighted by Gasteiger charge is 2.42. The Morgan fingerprint density at radius 3 is 2.74 bits per heavy atom. The van der Waals surface area contributed by atoms with E-state index < -0.39 is 0 Å². The summed E-state index contributed by atoms with van der Waals surface area (Å²) in [4.78, 5) is 11.8. The van der Waals surface area contributed by atoms with E-state index >= 15 is 0 Å². The fraction of sp³-hybridized carbons (Fsp3) is 0.933. The summed E-state index contributed by atoms with van der Waals surface area (Å²) in [6.07, 6.45) is 6.49. The molecule has 0 aromatic rings. The van der Waals surface area contributed by atoms with Crippen molar-refractivity contribution >= 4 is 6.03 Å². The molecule has 0 heterocycles. The van der Waals surface area contributed by atoms with Crippen molar-refractivity contribution in [3.8, 4) is 0 Å². The summed E-state index contributed by atoms with van der Waals surface area (Å²) in [5.41, 5.74) is 0. The third-order valence-corrected chi connectivity index (χ3v) is 5.03. The molecule has 5 atom stereocenters. The van der Waals surface area contributed by atoms with E-state index in [0.717, 1.165) is 18.3 Å². The van der Waals surface area contributed by atoms with Crippen LogP contribution in [0.15, 0.2) is 0 Å². The fourth-order valence-electron chi connectivity index (χ4n) is 3.83. The van der Waals surface area contributed by atoms with Crippen LogP contribution in [0.5, 0.6) is 0 Å². The highest BCUT2D eigenvalue weighted by molar-refractivity contribution is 5.74. The first-order valence-corrected chi connectivity index (χ1v) is 7.82. The zero-order valence-electron chi connectivity index (χ0n) is 12.2. The molecule has 2 aliphatic rings. The summed E-state index contributed by atoms with van der Waals surface area (Å²) in [6, 6.07) is 0.185. The van der Waals surface area contributed by atoms with E-state index in [1.807, 2.05) is 6.92 Å². The van der Waals surface area contributed by atoms with Crippen molar-refractivity contribution in [3.63, 3.8) is 0 Å². The van der Waals surface area contributed by atoms with Gasteiger partial charge in [0.05, 0.1) is 6.10 Å². The first-order valence-electron chi connectivity index (χ1n) is 7.82. The Morgan fingerprint density at radius 1 is 1.37 bits per heavy atom. The number of aliphatic hydroxyl groups excluding tert-OH is 1. The summed E-state index contributed by atoms with van der Waals surface area (Å²) in [6.45, 7) is 4.62. The summed E-state index contributed by atoms with van der Waals surface area (Å²) in [5, 5.41) is 15.3. The number of aliphatic hydroxyl groups is 1. The molecule has 2 rings (SSSR count). The number of nitrogens with one attached hydrogen (secondary N) is 2. The minimum absolute atomic E-state index is 0.0847. The number of amides is 2. The van der Waals surface area contributed by atoms with Crippen LogP contribution in [0, 0.1) is 17.8 Å². The second kappa shape index (κ2) is 6.60. The van der Waals surface area contributed by atoms with Crippen LogP contribution >= 0.6 is 0 Å². The minimum atomic E-state index is -0.303. The topological polar surface area (TPSA) is 61.4 Å². The molecule has 2 fully saturated rings. The van der Waals surface area contributed by atoms with Gasteiger partial charge in [-0.05, 0) is 56.8 Å². The van der Waals surface area contributed by atoms with Crippen LogP contribution in [-0.4, -0.2) is 29.8 Å². The van der Waals surface area contributed by atoms with Gasteiger partial charge in [-0.15, -0.1) is 0 Å². The Balaban J connectivity index is 1.65. The Kier molecular flexibility index (Phi) is 5.08. The van der Waals surface area contributed by atoms with E-state index in [9.17, 15) is 9.90 Å². The first-order chi connectivity index (χ1) is 9.10. The van der Waals surface area contributed by atoms with E-state index in [-0.39, 0.29) is 18.2 Å². The normalized spacial score (nSPS) is 32.1. The van der Waals surface area contributed by atoms with Gasteiger partial charge in [-0.3, -0.25) is 0 Å². The van der Waals surface area contributed by atoms with Crippen LogP contribution < -0.4 is 10.6 Å². The minimum Gasteiger partial charge on any atom is -0.393 e. The molecule has 0 aromatic heterocycles. The molecule has 19 heavy (non-hydrogen) atoms. The van der Waals surface area contributed by atoms with Crippen LogP contribution in [0.3, 0.4) is 0 Å². The number of carbonyl (C=O) groups is 1. The molecule has 4 heteroatoms. The van der Waals surface area contributed by atoms with Gasteiger partial charge >= 0.3 is 6.03 Å². The van der Waals surface area contributed by atoms with Crippen LogP contribution in [0.1, 0.15) is 52.4 Å². The highest BCUT2D eigenvalue weighted by Crippen LogP contribution is 2.49. The second-order valence-corrected chi connectivity index (χ2v) is 6.38. The zero-order valence-corrected chi connectivity index (χ0v) is 12.2. The molecule has 2 aliphatic carbocycles. The average Bonchev–Trinajstić information content (AvgIpc) is 3.00. The predicted molar refractivity (Wildman–Crippen MR) is 75.8 cm³/mol. The number of carbonyl (C=O) groups excluding carboxylic acids is 1. The summed E-state index contributed by atoms with van der Waals surface area (Å²) < 4.78 is 0. The van der Waals surface area contributed by atoms with Gasteiger partial charge in [0.1, 0.15) is 0 Å². The SMILES string of the molecule is CCC(O)CCNC(=O)NC(C)C1CC2CCC1C2. The molecule has 3 N–H and O–H groups in total. The van der Waals surface area contributed by atoms with E-state index in [2.05, 4.69) is 17.6 Å². The van der Waals surface area contributed by atoms with E-state index in [0.29, 0.717) is 18.9 Å². The number of urea groups is 1. The Labute approximate surface area is 116 Å². The Bertz CT molecular complexity index is 309. The van der Waals surface area contributed by atoms with Gasteiger partial charge in [0, 0.05) is 12.6 Å². The molecule has 110 valence electrons. The number of hydrogen-bond donors (Lipinski definition) is 3. The first kappa shape index (κ1) is 14.6. The number of fused-ring (bicyclic) bond motifs is 2. The van der Waals surface area contributed by atoms with Crippen molar-refractivity contribution in [2.75, 3.05) is 6.54 Å². The Hall–Kier alpha value is -0.770. The Morgan fingerprint density at radius 2 is 2.16 bits per heavy atom. The van der Waals surface area contributed by atoms with Gasteiger partial charge in [0.2, 0.25) is 0 Å². The number of rotatable bonds is 6. The lowest BCUT2D eigenvalue weighted by Crippen LogP contribution is -2.45. The van der Waals surface area contributed by atoms with Crippen molar-refractivity contribution in [1.29, 1.82) is 0 Å². The van der Waals surface area contributed by atoms with Crippen molar-refractivity contribution in [2.24, 2.45) is 17.8 Å². The molecule has 2 bridgehead atoms. The summed E-state index contributed by atoms with van der Waals surface area (Å²) in [7, 11) is 0. The molecule has 2 amide bonds. The molecule has 0 aromatic carbocycles. The van der Waals surface area contributed by atoms with Gasteiger partial charge in [-0.2, -0.15) is 0 Å². The maximum absolute atomic E-state index is 11.8. The van der Waals surface area contributed by atoms with Crippen molar-refractivity contribution in [2.45, 2.75) is 64.5 Å². The van der Waals surface area contributed by atoms with Gasteiger partial charge in [-0.25, -0.2) is 4.79 Å². The zero-order chi connectivity index (χ0) is 13.8. The van der Waals surface area contributed by atoms with Gasteiger partial charge < -0.3 is 15.7 Å². The van der Waals surface area contributed by atoms with Crippen LogP contribution in [-0.2, 0) is 0 Å². The average molecular weight is 268 g/mol. The second-order valence-electron chi connectivity index (χ2n) is 6.38. The molecular weight excluding hydrogens is 240 g/mol. The number of hydrogen-bond acceptors (Lipinski definition) is 2. The highest BCUT2D eigenvalue weighted by atomic mass is 16.3. The van der Waals surface area contributed by atoms with Crippen molar-refractivity contribution in [1.82, 2.24) is 10.6 Å². The predicted octanol–water partition coefficient (Wildman–Crippen LogP) is 2.27. The lowest BCUT2D eigenvalue weighted by molar-refractivity contribution is 0.159. The van der Waals surface area contributed by atoms with Crippen LogP contribution in [0.25, 0.3) is 0 Å². The largest absolute Gasteiger partial charge is 0.393 e. The lowest BCUT2D eigenvalue weighted by Gasteiger charge is -2.28. The summed E-state index contributed by atoms with van der Waals surface area (Å²) >= 11 is 0. The van der Waals surface area contributed by atoms with Crippen molar-refractivity contribution in [3.05, 3.63) is 0 Å². The molecule has 0 radical (unpaired) electrons. The monoisotopic (exact) mass is 268 g/mol. The molecule has 0 aliphatic heterocycles. The third kappa shape index (κ3) is 3.85. The molecular formula is C15H28N2O2. The standard InChI is InChI=1S/C15H28N2O2/c1-3-13(18)6-7-16-15(19)17-10(2)14-9-11-4-5-12(14)8-11/h10-14,18H,3-9H2,1-2H3,(H2,16,17,19). The van der Waals surface area contributed by atoms with Gasteiger partial charge in [0.15, 0.2) is 0 Å². The molecule has 0 spiro atoms. The van der Waals surface area contributed by atoms with Crippen LogP contribution in [0.2, 0.25) is 0 Å². The van der Waals surface area contributed by atoms with E-state index in [4.69, 9.17) is 0 Å². The van der Waals surface area contributed by atoms with Crippen LogP contribution in [0.4, 0.5) is 4.79 Å². The fourth-order valence-corrected chi connectivity index (χ4v) is 3.83. The molecule has 0 saturated heterocycles. The smallest absolute Gasteiger partial charge is 0.315 e. The lowest BCUT2D eigenvalue weighted by atomic mass is 9.84. The van der Waals surface area contributed by atoms with Crippen molar-refractivity contribution < 1.29 is 9.90 Å². The maximum Gasteiger partial charge on any atom is 0.315 e. The third-order valence-electron chi connectivity index (χ3n) is 5.03. The summed E-state index contributed by atoms with van der Waals surface area (Å²) in [5.74, 6) is 2.43. The quantitative estimate of drug-likeness (QED) is 0.692. The van der Waals surface area contributed by atoms with E-state index in [1.165, 1.54) is 25.7 Å². The van der Waals surface area contributed by atoms with E-state index in [1.54, 1.807) is 0 Å².